The maximum absolute atomic E-state index is 14.3. The molecule has 10 atom stereocenters. The van der Waals surface area contributed by atoms with Gasteiger partial charge in [0.15, 0.2) is 0 Å². The van der Waals surface area contributed by atoms with E-state index in [1.54, 1.807) is 52.0 Å². The van der Waals surface area contributed by atoms with Gasteiger partial charge in [0.25, 0.3) is 0 Å². The van der Waals surface area contributed by atoms with Crippen molar-refractivity contribution in [1.29, 1.82) is 0 Å². The van der Waals surface area contributed by atoms with E-state index in [1.807, 2.05) is 71.9 Å². The average Bonchev–Trinajstić information content (AvgIpc) is 3.69. The van der Waals surface area contributed by atoms with Crippen molar-refractivity contribution in [1.82, 2.24) is 25.8 Å². The highest BCUT2D eigenvalue weighted by molar-refractivity contribution is 5.94. The zero-order valence-corrected chi connectivity index (χ0v) is 35.3. The number of rotatable bonds is 21. The molecule has 0 bridgehead atoms. The third kappa shape index (κ3) is 10.7. The summed E-state index contributed by atoms with van der Waals surface area (Å²) in [6.45, 7) is 16.0. The second-order valence-electron chi connectivity index (χ2n) is 16.2. The number of methoxy groups -OCH3 is 2. The van der Waals surface area contributed by atoms with Crippen LogP contribution in [0, 0.1) is 23.7 Å². The largest absolute Gasteiger partial charge is 0.464 e. The van der Waals surface area contributed by atoms with E-state index in [-0.39, 0.29) is 66.4 Å². The van der Waals surface area contributed by atoms with Crippen LogP contribution in [-0.4, -0.2) is 123 Å². The van der Waals surface area contributed by atoms with Gasteiger partial charge in [-0.1, -0.05) is 85.2 Å². The lowest BCUT2D eigenvalue weighted by molar-refractivity contribution is -0.151. The molecule has 2 aliphatic rings. The van der Waals surface area contributed by atoms with E-state index >= 15 is 0 Å². The molecule has 1 aliphatic carbocycles. The van der Waals surface area contributed by atoms with Crippen molar-refractivity contribution in [2.75, 3.05) is 41.5 Å². The molecule has 1 aliphatic heterocycles. The van der Waals surface area contributed by atoms with Crippen molar-refractivity contribution >= 4 is 29.6 Å². The Labute approximate surface area is 329 Å². The fraction of sp³-hybridized carbons (Fsp3) is 0.738. The smallest absolute Gasteiger partial charge is 0.332 e. The molecule has 3 N–H and O–H groups in total. The Morgan fingerprint density at radius 1 is 0.927 bits per heavy atom. The van der Waals surface area contributed by atoms with E-state index in [1.165, 1.54) is 0 Å². The predicted molar refractivity (Wildman–Crippen MR) is 212 cm³/mol. The molecule has 4 amide bonds. The first-order chi connectivity index (χ1) is 26.0. The van der Waals surface area contributed by atoms with Gasteiger partial charge in [0.2, 0.25) is 23.6 Å². The van der Waals surface area contributed by atoms with Crippen LogP contribution in [0.1, 0.15) is 99.0 Å². The zero-order chi connectivity index (χ0) is 41.2. The molecule has 1 aromatic carbocycles. The first-order valence-electron chi connectivity index (χ1n) is 20.2. The fourth-order valence-electron chi connectivity index (χ4n) is 8.41. The zero-order valence-electron chi connectivity index (χ0n) is 35.3. The highest BCUT2D eigenvalue weighted by Crippen LogP contribution is 2.52. The van der Waals surface area contributed by atoms with Crippen LogP contribution in [0.2, 0.25) is 0 Å². The third-order valence-corrected chi connectivity index (χ3v) is 11.9. The summed E-state index contributed by atoms with van der Waals surface area (Å²) in [6, 6.07) is 7.54. The molecule has 0 unspecified atom stereocenters. The Bertz CT molecular complexity index is 1440. The molecule has 0 spiro atoms. The van der Waals surface area contributed by atoms with Crippen LogP contribution in [0.25, 0.3) is 0 Å². The van der Waals surface area contributed by atoms with Gasteiger partial charge in [-0.2, -0.15) is 0 Å². The number of ether oxygens (including phenoxy) is 3. The number of esters is 1. The highest BCUT2D eigenvalue weighted by Gasteiger charge is 2.63. The topological polar surface area (TPSA) is 156 Å². The summed E-state index contributed by atoms with van der Waals surface area (Å²) in [7, 11) is 6.55. The number of hydrogen-bond acceptors (Lipinski definition) is 9. The molecular formula is C42H69N5O8. The van der Waals surface area contributed by atoms with E-state index in [0.717, 1.165) is 18.4 Å². The van der Waals surface area contributed by atoms with Crippen LogP contribution in [0.5, 0.6) is 0 Å². The van der Waals surface area contributed by atoms with Crippen LogP contribution < -0.4 is 16.0 Å². The summed E-state index contributed by atoms with van der Waals surface area (Å²) in [5.74, 6) is -2.53. The molecule has 1 aromatic rings. The molecule has 0 radical (unpaired) electrons. The predicted octanol–water partition coefficient (Wildman–Crippen LogP) is 3.90. The maximum Gasteiger partial charge on any atom is 0.332 e. The summed E-state index contributed by atoms with van der Waals surface area (Å²) in [6.07, 6.45) is 1.27. The van der Waals surface area contributed by atoms with Crippen molar-refractivity contribution in [2.45, 2.75) is 135 Å². The third-order valence-electron chi connectivity index (χ3n) is 11.9. The molecule has 1 saturated heterocycles. The number of nitrogens with one attached hydrogen (secondary N) is 3. The number of carbonyl (C=O) groups excluding carboxylic acids is 5. The van der Waals surface area contributed by atoms with Crippen molar-refractivity contribution in [3.8, 4) is 0 Å². The maximum atomic E-state index is 14.3. The lowest BCUT2D eigenvalue weighted by atomic mass is 9.89. The number of carbonyl (C=O) groups is 5. The minimum Gasteiger partial charge on any atom is -0.464 e. The summed E-state index contributed by atoms with van der Waals surface area (Å²) in [4.78, 5) is 72.3. The number of amides is 4. The van der Waals surface area contributed by atoms with Gasteiger partial charge in [0, 0.05) is 33.7 Å². The van der Waals surface area contributed by atoms with Crippen molar-refractivity contribution in [3.05, 3.63) is 35.9 Å². The van der Waals surface area contributed by atoms with Gasteiger partial charge >= 0.3 is 5.97 Å². The second-order valence-corrected chi connectivity index (χ2v) is 16.2. The first-order valence-corrected chi connectivity index (χ1v) is 20.2. The van der Waals surface area contributed by atoms with E-state index in [0.29, 0.717) is 19.4 Å². The Morgan fingerprint density at radius 3 is 2.09 bits per heavy atom. The molecule has 310 valence electrons. The lowest BCUT2D eigenvalue weighted by Crippen LogP contribution is -2.59. The van der Waals surface area contributed by atoms with Gasteiger partial charge in [-0.25, -0.2) is 4.79 Å². The van der Waals surface area contributed by atoms with E-state index in [9.17, 15) is 24.0 Å². The van der Waals surface area contributed by atoms with E-state index < -0.39 is 47.8 Å². The molecular weight excluding hydrogens is 702 g/mol. The van der Waals surface area contributed by atoms with Gasteiger partial charge in [-0.15, -0.1) is 0 Å². The van der Waals surface area contributed by atoms with Crippen LogP contribution >= 0.6 is 0 Å². The molecule has 2 fully saturated rings. The second kappa shape index (κ2) is 20.6. The minimum atomic E-state index is -1.16. The molecule has 3 rings (SSSR count). The summed E-state index contributed by atoms with van der Waals surface area (Å²) < 4.78 is 17.4. The first kappa shape index (κ1) is 45.8. The molecule has 55 heavy (non-hydrogen) atoms. The summed E-state index contributed by atoms with van der Waals surface area (Å²) >= 11 is 0. The standard InChI is InChI=1S/C42H69N5O8/c1-13-27(7)36(46(10)40(51)35(26(5)6)44-39(50)34(43-9)25(3)4)32(53-11)23-33(48)47-22-18-21-31(47)37(54-12)28(8)38(49)45-42(41(52)55-14-2)24-30(42)29-19-16-15-17-20-29/h15-17,19-20,25-28,30-32,34-37,43H,13-14,18,21-24H2,1-12H3,(H,44,50)(H,45,49)/t27-,28+,30+,31-,32+,34-,35-,36-,37+,42-/m0/s1. The molecule has 1 heterocycles. The molecule has 0 aromatic heterocycles. The summed E-state index contributed by atoms with van der Waals surface area (Å²) in [5.41, 5.74) is -0.208. The SMILES string of the molecule is CCOC(=O)[C@]1(NC(=O)[C@H](C)[C@@H](OC)[C@@H]2CCCN2C(=O)C[C@@H](OC)[C@H]([C@@H](C)CC)N(C)C(=O)[C@@H](NC(=O)[C@@H](NC)C(C)C)C(C)C)C[C@@H]1c1ccccc1. The number of hydrogen-bond donors (Lipinski definition) is 3. The van der Waals surface area contributed by atoms with E-state index in [2.05, 4.69) is 16.0 Å². The number of likely N-dealkylation sites (tertiary alicyclic amines) is 1. The van der Waals surface area contributed by atoms with Crippen molar-refractivity contribution in [2.24, 2.45) is 23.7 Å². The Hall–Kier alpha value is -3.55. The van der Waals surface area contributed by atoms with Gasteiger partial charge in [0.05, 0.1) is 49.3 Å². The Kier molecular flexibility index (Phi) is 17.1. The molecule has 1 saturated carbocycles. The van der Waals surface area contributed by atoms with Crippen LogP contribution in [-0.2, 0) is 38.2 Å². The number of benzene rings is 1. The van der Waals surface area contributed by atoms with Gasteiger partial charge in [0.1, 0.15) is 11.6 Å². The average molecular weight is 772 g/mol. The fourth-order valence-corrected chi connectivity index (χ4v) is 8.41. The van der Waals surface area contributed by atoms with Crippen LogP contribution in [0.4, 0.5) is 0 Å². The number of nitrogens with zero attached hydrogens (tertiary/aromatic N) is 2. The highest BCUT2D eigenvalue weighted by atomic mass is 16.5. The van der Waals surface area contributed by atoms with Gasteiger partial charge in [-0.3, -0.25) is 19.2 Å². The lowest BCUT2D eigenvalue weighted by Gasteiger charge is -2.41. The van der Waals surface area contributed by atoms with Crippen molar-refractivity contribution < 1.29 is 38.2 Å². The Balaban J connectivity index is 1.80. The Morgan fingerprint density at radius 2 is 1.56 bits per heavy atom. The molecule has 13 heteroatoms. The monoisotopic (exact) mass is 772 g/mol. The van der Waals surface area contributed by atoms with Crippen molar-refractivity contribution in [3.63, 3.8) is 0 Å². The van der Waals surface area contributed by atoms with Crippen LogP contribution in [0.3, 0.4) is 0 Å². The summed E-state index contributed by atoms with van der Waals surface area (Å²) in [5, 5.41) is 9.08. The minimum absolute atomic E-state index is 0.00917. The number of likely N-dealkylation sites (N-methyl/N-ethyl adjacent to an activating group) is 2. The quantitative estimate of drug-likeness (QED) is 0.158. The van der Waals surface area contributed by atoms with E-state index in [4.69, 9.17) is 14.2 Å². The van der Waals surface area contributed by atoms with Gasteiger partial charge < -0.3 is 40.0 Å². The molecule has 13 nitrogen and oxygen atoms in total. The van der Waals surface area contributed by atoms with Crippen LogP contribution in [0.15, 0.2) is 30.3 Å². The normalized spacial score (nSPS) is 23.3. The van der Waals surface area contributed by atoms with Gasteiger partial charge in [-0.05, 0) is 56.6 Å².